The number of nitrogens with two attached hydrogens (primary N) is 1. The summed E-state index contributed by atoms with van der Waals surface area (Å²) in [5.41, 5.74) is 8.96. The molecule has 1 aliphatic carbocycles. The van der Waals surface area contributed by atoms with Crippen LogP contribution in [0.25, 0.3) is 0 Å². The average Bonchev–Trinajstić information content (AvgIpc) is 2.74. The molecular weight excluding hydrogens is 212 g/mol. The Balaban J connectivity index is 2.24. The maximum Gasteiger partial charge on any atom is 0.0670 e. The molecule has 0 fully saturated rings. The Morgan fingerprint density at radius 1 is 1.59 bits per heavy atom. The van der Waals surface area contributed by atoms with Crippen LogP contribution in [0.5, 0.6) is 0 Å². The minimum atomic E-state index is 0.241. The van der Waals surface area contributed by atoms with Crippen molar-refractivity contribution < 1.29 is 4.74 Å². The molecule has 3 heteroatoms. The van der Waals surface area contributed by atoms with Gasteiger partial charge in [0.25, 0.3) is 0 Å². The van der Waals surface area contributed by atoms with Crippen molar-refractivity contribution in [3.63, 3.8) is 0 Å². The van der Waals surface area contributed by atoms with Gasteiger partial charge in [0.15, 0.2) is 0 Å². The van der Waals surface area contributed by atoms with E-state index in [4.69, 9.17) is 10.5 Å². The van der Waals surface area contributed by atoms with Gasteiger partial charge in [0, 0.05) is 25.0 Å². The molecule has 0 saturated heterocycles. The second kappa shape index (κ2) is 5.69. The van der Waals surface area contributed by atoms with Crippen molar-refractivity contribution in [3.05, 3.63) is 23.5 Å². The highest BCUT2D eigenvalue weighted by Gasteiger charge is 2.22. The molecular formula is C14H24N2O. The third-order valence-electron chi connectivity index (χ3n) is 3.76. The Bertz CT molecular complexity index is 353. The maximum atomic E-state index is 6.16. The fraction of sp³-hybridized carbons (Fsp3) is 0.714. The van der Waals surface area contributed by atoms with E-state index in [-0.39, 0.29) is 6.04 Å². The van der Waals surface area contributed by atoms with E-state index in [0.29, 0.717) is 6.04 Å². The second-order valence-corrected chi connectivity index (χ2v) is 5.02. The molecule has 1 aromatic heterocycles. The smallest absolute Gasteiger partial charge is 0.0670 e. The fourth-order valence-electron chi connectivity index (χ4n) is 2.92. The quantitative estimate of drug-likeness (QED) is 0.854. The summed E-state index contributed by atoms with van der Waals surface area (Å²) < 4.78 is 7.75. The molecule has 0 bridgehead atoms. The lowest BCUT2D eigenvalue weighted by molar-refractivity contribution is 0.149. The van der Waals surface area contributed by atoms with Gasteiger partial charge < -0.3 is 15.0 Å². The average molecular weight is 236 g/mol. The van der Waals surface area contributed by atoms with Gasteiger partial charge in [0.1, 0.15) is 0 Å². The first-order chi connectivity index (χ1) is 8.27. The van der Waals surface area contributed by atoms with Crippen molar-refractivity contribution >= 4 is 0 Å². The van der Waals surface area contributed by atoms with E-state index in [2.05, 4.69) is 23.8 Å². The number of hydrogen-bond donors (Lipinski definition) is 1. The summed E-state index contributed by atoms with van der Waals surface area (Å²) in [5.74, 6) is 0. The normalized spacial score (nSPS) is 21.2. The highest BCUT2D eigenvalue weighted by molar-refractivity contribution is 5.28. The van der Waals surface area contributed by atoms with Crippen LogP contribution in [0.4, 0.5) is 0 Å². The zero-order chi connectivity index (χ0) is 12.3. The topological polar surface area (TPSA) is 40.2 Å². The molecule has 2 N–H and O–H groups in total. The van der Waals surface area contributed by atoms with Gasteiger partial charge in [-0.3, -0.25) is 0 Å². The summed E-state index contributed by atoms with van der Waals surface area (Å²) >= 11 is 0. The van der Waals surface area contributed by atoms with Crippen molar-refractivity contribution in [1.82, 2.24) is 4.57 Å². The fourth-order valence-corrected chi connectivity index (χ4v) is 2.92. The van der Waals surface area contributed by atoms with Crippen LogP contribution in [0, 0.1) is 0 Å². The molecule has 0 radical (unpaired) electrons. The van der Waals surface area contributed by atoms with E-state index in [1.54, 1.807) is 7.11 Å². The molecule has 2 unspecified atom stereocenters. The van der Waals surface area contributed by atoms with Gasteiger partial charge in [-0.25, -0.2) is 0 Å². The van der Waals surface area contributed by atoms with Crippen LogP contribution < -0.4 is 5.73 Å². The van der Waals surface area contributed by atoms with Gasteiger partial charge in [-0.1, -0.05) is 13.3 Å². The molecule has 1 aromatic rings. The van der Waals surface area contributed by atoms with E-state index < -0.39 is 0 Å². The Morgan fingerprint density at radius 2 is 2.41 bits per heavy atom. The van der Waals surface area contributed by atoms with Gasteiger partial charge >= 0.3 is 0 Å². The number of nitrogens with zero attached hydrogens (tertiary/aromatic N) is 1. The first-order valence-electron chi connectivity index (χ1n) is 6.72. The lowest BCUT2D eigenvalue weighted by atomic mass is 9.93. The minimum Gasteiger partial charge on any atom is -0.383 e. The molecule has 0 aliphatic heterocycles. The molecule has 0 amide bonds. The van der Waals surface area contributed by atoms with Gasteiger partial charge in [-0.15, -0.1) is 0 Å². The SMILES string of the molecule is CCCC(COC)n1ccc2c1CCCC2N. The maximum absolute atomic E-state index is 6.16. The van der Waals surface area contributed by atoms with Crippen molar-refractivity contribution in [2.75, 3.05) is 13.7 Å². The first kappa shape index (κ1) is 12.7. The lowest BCUT2D eigenvalue weighted by Crippen LogP contribution is -2.21. The van der Waals surface area contributed by atoms with E-state index in [0.717, 1.165) is 13.0 Å². The van der Waals surface area contributed by atoms with Gasteiger partial charge in [-0.2, -0.15) is 0 Å². The van der Waals surface area contributed by atoms with Crippen molar-refractivity contribution in [1.29, 1.82) is 0 Å². The molecule has 2 rings (SSSR count). The second-order valence-electron chi connectivity index (χ2n) is 5.02. The van der Waals surface area contributed by atoms with Crippen LogP contribution in [0.3, 0.4) is 0 Å². The van der Waals surface area contributed by atoms with Crippen molar-refractivity contribution in [2.24, 2.45) is 5.73 Å². The predicted molar refractivity (Wildman–Crippen MR) is 70.1 cm³/mol. The van der Waals surface area contributed by atoms with Gasteiger partial charge in [-0.05, 0) is 37.3 Å². The number of fused-ring (bicyclic) bond motifs is 1. The highest BCUT2D eigenvalue weighted by atomic mass is 16.5. The third kappa shape index (κ3) is 2.55. The third-order valence-corrected chi connectivity index (χ3v) is 3.76. The first-order valence-corrected chi connectivity index (χ1v) is 6.72. The van der Waals surface area contributed by atoms with Crippen LogP contribution in [0.2, 0.25) is 0 Å². The molecule has 96 valence electrons. The van der Waals surface area contributed by atoms with E-state index >= 15 is 0 Å². The molecule has 17 heavy (non-hydrogen) atoms. The summed E-state index contributed by atoms with van der Waals surface area (Å²) in [6, 6.07) is 2.92. The Labute approximate surface area is 104 Å². The lowest BCUT2D eigenvalue weighted by Gasteiger charge is -2.25. The van der Waals surface area contributed by atoms with Crippen LogP contribution in [-0.4, -0.2) is 18.3 Å². The highest BCUT2D eigenvalue weighted by Crippen LogP contribution is 2.31. The van der Waals surface area contributed by atoms with E-state index in [1.807, 2.05) is 0 Å². The van der Waals surface area contributed by atoms with Crippen LogP contribution in [0.1, 0.15) is 55.9 Å². The zero-order valence-corrected chi connectivity index (χ0v) is 11.0. The minimum absolute atomic E-state index is 0.241. The van der Waals surface area contributed by atoms with E-state index in [1.165, 1.54) is 36.9 Å². The number of aromatic nitrogens is 1. The standard InChI is InChI=1S/C14H24N2O/c1-3-5-11(10-17-2)16-9-8-12-13(15)6-4-7-14(12)16/h8-9,11,13H,3-7,10,15H2,1-2H3. The summed E-state index contributed by atoms with van der Waals surface area (Å²) in [4.78, 5) is 0. The summed E-state index contributed by atoms with van der Waals surface area (Å²) in [5, 5.41) is 0. The Kier molecular flexibility index (Phi) is 4.24. The summed E-state index contributed by atoms with van der Waals surface area (Å²) in [6.45, 7) is 3.02. The summed E-state index contributed by atoms with van der Waals surface area (Å²) in [6.07, 6.45) is 8.07. The van der Waals surface area contributed by atoms with E-state index in [9.17, 15) is 0 Å². The zero-order valence-electron chi connectivity index (χ0n) is 11.0. The van der Waals surface area contributed by atoms with Crippen molar-refractivity contribution in [3.8, 4) is 0 Å². The molecule has 0 spiro atoms. The number of ether oxygens (including phenoxy) is 1. The number of methoxy groups -OCH3 is 1. The van der Waals surface area contributed by atoms with Crippen molar-refractivity contribution in [2.45, 2.75) is 51.1 Å². The molecule has 1 heterocycles. The number of hydrogen-bond acceptors (Lipinski definition) is 2. The Morgan fingerprint density at radius 3 is 3.12 bits per heavy atom. The molecule has 0 saturated carbocycles. The molecule has 0 aromatic carbocycles. The van der Waals surface area contributed by atoms with Crippen LogP contribution >= 0.6 is 0 Å². The van der Waals surface area contributed by atoms with Gasteiger partial charge in [0.05, 0.1) is 12.6 Å². The van der Waals surface area contributed by atoms with Gasteiger partial charge in [0.2, 0.25) is 0 Å². The monoisotopic (exact) mass is 236 g/mol. The number of rotatable bonds is 5. The van der Waals surface area contributed by atoms with Crippen LogP contribution in [-0.2, 0) is 11.2 Å². The predicted octanol–water partition coefficient (Wildman–Crippen LogP) is 2.81. The molecule has 2 atom stereocenters. The molecule has 3 nitrogen and oxygen atoms in total. The largest absolute Gasteiger partial charge is 0.383 e. The summed E-state index contributed by atoms with van der Waals surface area (Å²) in [7, 11) is 1.78. The Hall–Kier alpha value is -0.800. The van der Waals surface area contributed by atoms with Crippen LogP contribution in [0.15, 0.2) is 12.3 Å². The molecule has 1 aliphatic rings.